The number of hydrogen-bond acceptors (Lipinski definition) is 7. The summed E-state index contributed by atoms with van der Waals surface area (Å²) in [6, 6.07) is 18.3. The summed E-state index contributed by atoms with van der Waals surface area (Å²) in [6.07, 6.45) is 4.44. The summed E-state index contributed by atoms with van der Waals surface area (Å²) in [6.45, 7) is 0. The van der Waals surface area contributed by atoms with E-state index in [9.17, 15) is 17.6 Å². The number of rotatable bonds is 7. The second kappa shape index (κ2) is 10.6. The highest BCUT2D eigenvalue weighted by Crippen LogP contribution is 2.43. The molecule has 0 aliphatic rings. The molecule has 10 nitrogen and oxygen atoms in total. The Hall–Kier alpha value is -5.23. The lowest BCUT2D eigenvalue weighted by Gasteiger charge is -2.21. The molecule has 12 heteroatoms. The number of amides is 1. The molecule has 0 atom stereocenters. The van der Waals surface area contributed by atoms with Crippen LogP contribution < -0.4 is 14.4 Å². The zero-order valence-electron chi connectivity index (χ0n) is 23.6. The fourth-order valence-electron chi connectivity index (χ4n) is 5.03. The van der Waals surface area contributed by atoms with Crippen molar-refractivity contribution >= 4 is 43.5 Å². The Morgan fingerprint density at radius 1 is 1.05 bits per heavy atom. The van der Waals surface area contributed by atoms with E-state index in [-0.39, 0.29) is 28.5 Å². The van der Waals surface area contributed by atoms with Gasteiger partial charge in [-0.3, -0.25) is 9.10 Å². The number of benzene rings is 3. The van der Waals surface area contributed by atoms with Crippen LogP contribution >= 0.6 is 0 Å². The molecule has 1 N–H and O–H groups in total. The smallest absolute Gasteiger partial charge is 0.255 e. The van der Waals surface area contributed by atoms with Crippen LogP contribution in [0.3, 0.4) is 0 Å². The standard InChI is InChI=1S/C31H26FN5O5S/c1-33-30(38)28-24-14-22(23-13-21(17-34-31(23)41-3)37-25-8-6-5-7-19(25)16-35-37)26(36(2)43(4,39)40)15-27(24)42-29(28)18-9-11-20(32)12-10-18/h5-17H,1-4H3,(H,33,38). The third-order valence-electron chi connectivity index (χ3n) is 7.25. The molecular weight excluding hydrogens is 573 g/mol. The lowest BCUT2D eigenvalue weighted by atomic mass is 9.98. The number of aromatic nitrogens is 3. The van der Waals surface area contributed by atoms with Gasteiger partial charge in [-0.1, -0.05) is 18.2 Å². The highest BCUT2D eigenvalue weighted by molar-refractivity contribution is 7.92. The quantitative estimate of drug-likeness (QED) is 0.261. The molecule has 0 bridgehead atoms. The molecule has 0 spiro atoms. The van der Waals surface area contributed by atoms with E-state index in [0.717, 1.165) is 21.5 Å². The molecule has 0 saturated heterocycles. The number of carbonyl (C=O) groups excluding carboxylic acids is 1. The number of pyridine rings is 1. The fraction of sp³-hybridized carbons (Fsp3) is 0.129. The number of carbonyl (C=O) groups is 1. The molecule has 1 amide bonds. The zero-order chi connectivity index (χ0) is 30.5. The number of nitrogens with zero attached hydrogens (tertiary/aromatic N) is 4. The summed E-state index contributed by atoms with van der Waals surface area (Å²) >= 11 is 0. The van der Waals surface area contributed by atoms with E-state index < -0.39 is 21.7 Å². The summed E-state index contributed by atoms with van der Waals surface area (Å²) in [5.74, 6) is -0.437. The highest BCUT2D eigenvalue weighted by atomic mass is 32.2. The van der Waals surface area contributed by atoms with Crippen LogP contribution in [0.15, 0.2) is 83.5 Å². The molecule has 218 valence electrons. The lowest BCUT2D eigenvalue weighted by molar-refractivity contribution is 0.0964. The van der Waals surface area contributed by atoms with Gasteiger partial charge in [-0.25, -0.2) is 22.5 Å². The number of hydrogen-bond donors (Lipinski definition) is 1. The molecule has 43 heavy (non-hydrogen) atoms. The SMILES string of the molecule is CNC(=O)c1c(-c2ccc(F)cc2)oc2cc(N(C)S(C)(=O)=O)c(-c3cc(-n4ncc5ccccc54)cnc3OC)cc12. The number of sulfonamides is 1. The van der Waals surface area contributed by atoms with Gasteiger partial charge in [-0.05, 0) is 42.5 Å². The van der Waals surface area contributed by atoms with Crippen LogP contribution in [-0.2, 0) is 10.0 Å². The molecule has 6 aromatic rings. The van der Waals surface area contributed by atoms with Crippen molar-refractivity contribution in [2.75, 3.05) is 31.8 Å². The first-order valence-corrected chi connectivity index (χ1v) is 15.0. The Balaban J connectivity index is 1.67. The number of para-hydroxylation sites is 1. The van der Waals surface area contributed by atoms with Gasteiger partial charge in [0.1, 0.15) is 17.2 Å². The molecule has 0 fully saturated rings. The Morgan fingerprint density at radius 2 is 1.79 bits per heavy atom. The molecule has 0 aliphatic heterocycles. The topological polar surface area (TPSA) is 120 Å². The third kappa shape index (κ3) is 4.85. The minimum Gasteiger partial charge on any atom is -0.481 e. The average molecular weight is 600 g/mol. The predicted octanol–water partition coefficient (Wildman–Crippen LogP) is 5.40. The summed E-state index contributed by atoms with van der Waals surface area (Å²) in [7, 11) is 0.638. The van der Waals surface area contributed by atoms with Crippen LogP contribution in [0.1, 0.15) is 10.4 Å². The maximum absolute atomic E-state index is 13.7. The van der Waals surface area contributed by atoms with Crippen LogP contribution in [0.5, 0.6) is 5.88 Å². The number of furan rings is 1. The van der Waals surface area contributed by atoms with Crippen LogP contribution in [0.25, 0.3) is 50.0 Å². The van der Waals surface area contributed by atoms with Gasteiger partial charge < -0.3 is 14.5 Å². The molecule has 3 aromatic heterocycles. The summed E-state index contributed by atoms with van der Waals surface area (Å²) < 4.78 is 54.0. The largest absolute Gasteiger partial charge is 0.481 e. The third-order valence-corrected chi connectivity index (χ3v) is 8.44. The van der Waals surface area contributed by atoms with Crippen molar-refractivity contribution in [2.24, 2.45) is 0 Å². The molecule has 0 aliphatic carbocycles. The van der Waals surface area contributed by atoms with Crippen molar-refractivity contribution < 1.29 is 26.8 Å². The molecule has 0 saturated carbocycles. The van der Waals surface area contributed by atoms with Crippen LogP contribution in [-0.4, -0.2) is 56.6 Å². The van der Waals surface area contributed by atoms with Crippen LogP contribution in [0, 0.1) is 5.82 Å². The first-order chi connectivity index (χ1) is 20.6. The van der Waals surface area contributed by atoms with Gasteiger partial charge in [0.2, 0.25) is 15.9 Å². The monoisotopic (exact) mass is 599 g/mol. The minimum atomic E-state index is -3.75. The fourth-order valence-corrected chi connectivity index (χ4v) is 5.54. The molecule has 0 radical (unpaired) electrons. The zero-order valence-corrected chi connectivity index (χ0v) is 24.4. The van der Waals surface area contributed by atoms with Gasteiger partial charge in [0.25, 0.3) is 5.91 Å². The number of anilines is 1. The van der Waals surface area contributed by atoms with E-state index in [1.165, 1.54) is 45.5 Å². The molecule has 6 rings (SSSR count). The first kappa shape index (κ1) is 27.9. The molecule has 0 unspecified atom stereocenters. The number of ether oxygens (including phenoxy) is 1. The number of fused-ring (bicyclic) bond motifs is 2. The predicted molar refractivity (Wildman–Crippen MR) is 163 cm³/mol. The summed E-state index contributed by atoms with van der Waals surface area (Å²) in [5.41, 5.74) is 3.54. The lowest BCUT2D eigenvalue weighted by Crippen LogP contribution is -2.25. The van der Waals surface area contributed by atoms with Gasteiger partial charge in [0, 0.05) is 47.6 Å². The normalized spacial score (nSPS) is 11.7. The van der Waals surface area contributed by atoms with Gasteiger partial charge in [0.05, 0.1) is 48.2 Å². The average Bonchev–Trinajstić information content (AvgIpc) is 3.61. The number of nitrogens with one attached hydrogen (secondary N) is 1. The van der Waals surface area contributed by atoms with Gasteiger partial charge >= 0.3 is 0 Å². The van der Waals surface area contributed by atoms with Crippen molar-refractivity contribution in [3.8, 4) is 34.0 Å². The second-order valence-corrected chi connectivity index (χ2v) is 11.9. The number of halogens is 1. The van der Waals surface area contributed by atoms with Crippen LogP contribution in [0.2, 0.25) is 0 Å². The minimum absolute atomic E-state index is 0.208. The van der Waals surface area contributed by atoms with Crippen molar-refractivity contribution in [3.63, 3.8) is 0 Å². The Labute approximate surface area is 246 Å². The van der Waals surface area contributed by atoms with Crippen molar-refractivity contribution in [2.45, 2.75) is 0 Å². The maximum Gasteiger partial charge on any atom is 0.255 e. The van der Waals surface area contributed by atoms with E-state index in [1.807, 2.05) is 24.3 Å². The summed E-state index contributed by atoms with van der Waals surface area (Å²) in [4.78, 5) is 17.8. The van der Waals surface area contributed by atoms with E-state index >= 15 is 0 Å². The van der Waals surface area contributed by atoms with Gasteiger partial charge in [0.15, 0.2) is 0 Å². The molecular formula is C31H26FN5O5S. The Kier molecular flexibility index (Phi) is 6.85. The summed E-state index contributed by atoms with van der Waals surface area (Å²) in [5, 5.41) is 8.51. The second-order valence-electron chi connectivity index (χ2n) is 9.85. The van der Waals surface area contributed by atoms with E-state index in [1.54, 1.807) is 35.3 Å². The van der Waals surface area contributed by atoms with Crippen molar-refractivity contribution in [3.05, 3.63) is 90.5 Å². The van der Waals surface area contributed by atoms with Crippen LogP contribution in [0.4, 0.5) is 10.1 Å². The molecule has 3 heterocycles. The Morgan fingerprint density at radius 3 is 2.49 bits per heavy atom. The Bertz CT molecular complexity index is 2140. The maximum atomic E-state index is 13.7. The number of methoxy groups -OCH3 is 1. The highest BCUT2D eigenvalue weighted by Gasteiger charge is 2.27. The molecule has 3 aromatic carbocycles. The van der Waals surface area contributed by atoms with E-state index in [0.29, 0.717) is 27.8 Å². The van der Waals surface area contributed by atoms with Crippen molar-refractivity contribution in [1.29, 1.82) is 0 Å². The first-order valence-electron chi connectivity index (χ1n) is 13.1. The van der Waals surface area contributed by atoms with E-state index in [2.05, 4.69) is 15.4 Å². The van der Waals surface area contributed by atoms with Gasteiger partial charge in [-0.15, -0.1) is 0 Å². The van der Waals surface area contributed by atoms with Gasteiger partial charge in [-0.2, -0.15) is 5.10 Å². The van der Waals surface area contributed by atoms with E-state index in [4.69, 9.17) is 9.15 Å². The van der Waals surface area contributed by atoms with Crippen molar-refractivity contribution in [1.82, 2.24) is 20.1 Å².